The maximum atomic E-state index is 13.6. The summed E-state index contributed by atoms with van der Waals surface area (Å²) in [5.74, 6) is -2.11. The van der Waals surface area contributed by atoms with Gasteiger partial charge in [-0.3, -0.25) is 14.6 Å². The molecular weight excluding hydrogens is 675 g/mol. The first-order valence-corrected chi connectivity index (χ1v) is 16.9. The zero-order valence-corrected chi connectivity index (χ0v) is 29.1. The zero-order chi connectivity index (χ0) is 36.4. The Balaban J connectivity index is 1.21. The number of anilines is 3. The molecule has 0 atom stereocenters. The number of fused-ring (bicyclic) bond motifs is 1. The van der Waals surface area contributed by atoms with Gasteiger partial charge in [0.1, 0.15) is 40.7 Å². The first-order valence-electron chi connectivity index (χ1n) is 16.2. The van der Waals surface area contributed by atoms with Crippen LogP contribution in [-0.4, -0.2) is 42.3 Å². The molecule has 0 saturated carbocycles. The standard InChI is InChI=1S/C40H29N7O4S/c1-24-9-15-29(16-10-24)46(30-17-11-25(2)12-18-30)31-19-13-28(14-20-31)35-37-36(44-52-45-37)33(22-42-35)43-34-26(3)32(21-41)38(48)47(39(34)49)40(50)51-23-27-7-5-4-6-8-27/h4-20,22H,23H2,1-3H3/b43-34-. The second-order valence-corrected chi connectivity index (χ2v) is 12.6. The Hall–Kier alpha value is -6.84. The first-order chi connectivity index (χ1) is 25.2. The van der Waals surface area contributed by atoms with E-state index in [4.69, 9.17) is 4.74 Å². The second-order valence-electron chi connectivity index (χ2n) is 12.1. The maximum absolute atomic E-state index is 13.6. The fourth-order valence-electron chi connectivity index (χ4n) is 5.74. The fourth-order valence-corrected chi connectivity index (χ4v) is 6.30. The number of hydrogen-bond donors (Lipinski definition) is 0. The Morgan fingerprint density at radius 2 is 1.38 bits per heavy atom. The lowest BCUT2D eigenvalue weighted by Crippen LogP contribution is -2.50. The maximum Gasteiger partial charge on any atom is 0.424 e. The summed E-state index contributed by atoms with van der Waals surface area (Å²) in [4.78, 5) is 51.4. The molecule has 0 fully saturated rings. The average molecular weight is 704 g/mol. The van der Waals surface area contributed by atoms with Crippen molar-refractivity contribution in [1.82, 2.24) is 18.6 Å². The van der Waals surface area contributed by atoms with Crippen LogP contribution in [-0.2, 0) is 20.9 Å². The number of aromatic nitrogens is 3. The largest absolute Gasteiger partial charge is 0.444 e. The minimum absolute atomic E-state index is 0.0207. The number of amides is 3. The Morgan fingerprint density at radius 1 is 0.808 bits per heavy atom. The van der Waals surface area contributed by atoms with Crippen molar-refractivity contribution in [2.75, 3.05) is 4.90 Å². The van der Waals surface area contributed by atoms with Gasteiger partial charge in [-0.25, -0.2) is 9.79 Å². The Morgan fingerprint density at radius 3 is 1.98 bits per heavy atom. The van der Waals surface area contributed by atoms with Crippen LogP contribution in [0.1, 0.15) is 23.6 Å². The number of carbonyl (C=O) groups excluding carboxylic acids is 3. The van der Waals surface area contributed by atoms with Gasteiger partial charge in [-0.2, -0.15) is 18.9 Å². The normalized spacial score (nSPS) is 13.8. The number of nitriles is 1. The predicted molar refractivity (Wildman–Crippen MR) is 199 cm³/mol. The van der Waals surface area contributed by atoms with Crippen LogP contribution in [0.2, 0.25) is 0 Å². The molecule has 0 N–H and O–H groups in total. The van der Waals surface area contributed by atoms with Crippen molar-refractivity contribution in [1.29, 1.82) is 5.26 Å². The highest BCUT2D eigenvalue weighted by Crippen LogP contribution is 2.37. The number of rotatable bonds is 7. The van der Waals surface area contributed by atoms with Gasteiger partial charge < -0.3 is 9.64 Å². The summed E-state index contributed by atoms with van der Waals surface area (Å²) in [6.45, 7) is 5.36. The van der Waals surface area contributed by atoms with Crippen molar-refractivity contribution in [3.63, 3.8) is 0 Å². The molecule has 1 aliphatic heterocycles. The number of pyridine rings is 1. The number of carbonyl (C=O) groups is 3. The summed E-state index contributed by atoms with van der Waals surface area (Å²) in [7, 11) is 0. The van der Waals surface area contributed by atoms with Crippen molar-refractivity contribution in [3.8, 4) is 17.3 Å². The van der Waals surface area contributed by atoms with E-state index in [1.807, 2.05) is 24.3 Å². The molecule has 3 amide bonds. The minimum Gasteiger partial charge on any atom is -0.444 e. The highest BCUT2D eigenvalue weighted by molar-refractivity contribution is 7.00. The number of hydrogen-bond acceptors (Lipinski definition) is 11. The summed E-state index contributed by atoms with van der Waals surface area (Å²) in [5.41, 5.74) is 7.63. The number of imide groups is 3. The summed E-state index contributed by atoms with van der Waals surface area (Å²) >= 11 is 0.954. The monoisotopic (exact) mass is 703 g/mol. The van der Waals surface area contributed by atoms with Gasteiger partial charge in [0.15, 0.2) is 0 Å². The molecule has 0 radical (unpaired) electrons. The Bertz CT molecular complexity index is 2400. The van der Waals surface area contributed by atoms with Crippen LogP contribution >= 0.6 is 11.7 Å². The van der Waals surface area contributed by atoms with Crippen LogP contribution in [0.25, 0.3) is 22.3 Å². The first kappa shape index (κ1) is 33.6. The number of nitrogens with zero attached hydrogens (tertiary/aromatic N) is 7. The molecule has 254 valence electrons. The summed E-state index contributed by atoms with van der Waals surface area (Å²) in [5, 5.41) is 9.81. The van der Waals surface area contributed by atoms with Gasteiger partial charge in [0.25, 0.3) is 11.8 Å². The van der Waals surface area contributed by atoms with Gasteiger partial charge in [-0.05, 0) is 62.7 Å². The van der Waals surface area contributed by atoms with E-state index in [0.29, 0.717) is 27.2 Å². The molecule has 0 aliphatic carbocycles. The lowest BCUT2D eigenvalue weighted by atomic mass is 9.99. The highest BCUT2D eigenvalue weighted by atomic mass is 32.1. The average Bonchev–Trinajstić information content (AvgIpc) is 3.66. The van der Waals surface area contributed by atoms with Crippen LogP contribution in [0, 0.1) is 25.2 Å². The zero-order valence-electron chi connectivity index (χ0n) is 28.3. The van der Waals surface area contributed by atoms with Crippen molar-refractivity contribution in [2.45, 2.75) is 27.4 Å². The third-order valence-electron chi connectivity index (χ3n) is 8.54. The van der Waals surface area contributed by atoms with Crippen LogP contribution < -0.4 is 4.90 Å². The molecule has 4 aromatic carbocycles. The molecule has 52 heavy (non-hydrogen) atoms. The second kappa shape index (κ2) is 14.2. The van der Waals surface area contributed by atoms with Crippen molar-refractivity contribution in [3.05, 3.63) is 137 Å². The minimum atomic E-state index is -1.22. The van der Waals surface area contributed by atoms with E-state index < -0.39 is 23.5 Å². The van der Waals surface area contributed by atoms with Gasteiger partial charge in [0, 0.05) is 28.2 Å². The Labute approximate surface area is 303 Å². The quantitative estimate of drug-likeness (QED) is 0.150. The van der Waals surface area contributed by atoms with Crippen molar-refractivity contribution in [2.24, 2.45) is 4.99 Å². The van der Waals surface area contributed by atoms with Gasteiger partial charge in [0.05, 0.1) is 23.6 Å². The number of benzene rings is 4. The summed E-state index contributed by atoms with van der Waals surface area (Å²) < 4.78 is 14.2. The molecule has 7 rings (SSSR count). The van der Waals surface area contributed by atoms with Crippen molar-refractivity contribution < 1.29 is 19.1 Å². The predicted octanol–water partition coefficient (Wildman–Crippen LogP) is 8.46. The molecule has 0 saturated heterocycles. The van der Waals surface area contributed by atoms with Crippen LogP contribution in [0.15, 0.2) is 125 Å². The third-order valence-corrected chi connectivity index (χ3v) is 9.07. The van der Waals surface area contributed by atoms with Gasteiger partial charge in [-0.1, -0.05) is 77.9 Å². The van der Waals surface area contributed by atoms with Gasteiger partial charge >= 0.3 is 6.09 Å². The topological polar surface area (TPSA) is 142 Å². The van der Waals surface area contributed by atoms with Crippen LogP contribution in [0.5, 0.6) is 0 Å². The molecule has 0 spiro atoms. The van der Waals surface area contributed by atoms with E-state index in [0.717, 1.165) is 34.4 Å². The fraction of sp³-hybridized carbons (Fsp3) is 0.100. The van der Waals surface area contributed by atoms with E-state index in [1.54, 1.807) is 36.4 Å². The molecule has 2 aromatic heterocycles. The molecule has 0 unspecified atom stereocenters. The lowest BCUT2D eigenvalue weighted by molar-refractivity contribution is -0.136. The van der Waals surface area contributed by atoms with Gasteiger partial charge in [0.2, 0.25) is 0 Å². The number of aryl methyl sites for hydroxylation is 2. The molecule has 12 heteroatoms. The van der Waals surface area contributed by atoms with E-state index in [-0.39, 0.29) is 23.6 Å². The molecular formula is C40H29N7O4S. The van der Waals surface area contributed by atoms with Crippen LogP contribution in [0.3, 0.4) is 0 Å². The smallest absolute Gasteiger partial charge is 0.424 e. The molecule has 3 heterocycles. The van der Waals surface area contributed by atoms with E-state index in [9.17, 15) is 19.6 Å². The molecule has 0 bridgehead atoms. The Kier molecular flexibility index (Phi) is 9.18. The summed E-state index contributed by atoms with van der Waals surface area (Å²) in [6, 6.07) is 35.2. The third kappa shape index (κ3) is 6.44. The molecule has 11 nitrogen and oxygen atoms in total. The SMILES string of the molecule is CC1=C(C#N)C(=O)N(C(=O)OCc2ccccc2)C(=O)/C1=N\c1cnc(-c2ccc(N(c3ccc(C)cc3)c3ccc(C)cc3)cc2)c2nsnc12. The van der Waals surface area contributed by atoms with E-state index >= 15 is 0 Å². The lowest BCUT2D eigenvalue weighted by Gasteiger charge is -2.26. The number of aliphatic imine (C=N–C) groups is 1. The van der Waals surface area contributed by atoms with E-state index in [2.05, 4.69) is 86.0 Å². The summed E-state index contributed by atoms with van der Waals surface area (Å²) in [6.07, 6.45) is 0.235. The van der Waals surface area contributed by atoms with Gasteiger partial charge in [-0.15, -0.1) is 0 Å². The van der Waals surface area contributed by atoms with E-state index in [1.165, 1.54) is 24.2 Å². The molecule has 6 aromatic rings. The van der Waals surface area contributed by atoms with Crippen LogP contribution in [0.4, 0.5) is 27.5 Å². The number of ether oxygens (including phenoxy) is 1. The highest BCUT2D eigenvalue weighted by Gasteiger charge is 2.42. The van der Waals surface area contributed by atoms with Crippen molar-refractivity contribution >= 4 is 69.1 Å². The molecule has 1 aliphatic rings.